The van der Waals surface area contributed by atoms with Crippen LogP contribution in [0.1, 0.15) is 12.0 Å². The molecule has 1 aliphatic heterocycles. The molecule has 0 aliphatic carbocycles. The van der Waals surface area contributed by atoms with Crippen molar-refractivity contribution >= 4 is 21.6 Å². The van der Waals surface area contributed by atoms with Gasteiger partial charge in [0.05, 0.1) is 11.9 Å². The summed E-state index contributed by atoms with van der Waals surface area (Å²) in [4.78, 5) is 6.62. The first-order valence-corrected chi connectivity index (χ1v) is 6.01. The highest BCUT2D eigenvalue weighted by molar-refractivity contribution is 9.10. The summed E-state index contributed by atoms with van der Waals surface area (Å²) in [7, 11) is 2.16. The standard InChI is InChI=1S/C11H16BrN3/c1-8-5-10(6-13-11(8)12)14-9-3-4-15(2)7-9/h5-6,9,14H,3-4,7H2,1-2H3. The molecule has 1 aromatic rings. The van der Waals surface area contributed by atoms with Crippen molar-refractivity contribution in [1.29, 1.82) is 0 Å². The normalized spacial score (nSPS) is 21.9. The Balaban J connectivity index is 2.02. The van der Waals surface area contributed by atoms with Crippen LogP contribution in [0.3, 0.4) is 0 Å². The Morgan fingerprint density at radius 3 is 3.00 bits per heavy atom. The van der Waals surface area contributed by atoms with Gasteiger partial charge >= 0.3 is 0 Å². The number of nitrogens with zero attached hydrogens (tertiary/aromatic N) is 2. The lowest BCUT2D eigenvalue weighted by Crippen LogP contribution is -2.23. The van der Waals surface area contributed by atoms with Gasteiger partial charge in [0.1, 0.15) is 4.60 Å². The van der Waals surface area contributed by atoms with Crippen LogP contribution >= 0.6 is 15.9 Å². The Kier molecular flexibility index (Phi) is 3.26. The van der Waals surface area contributed by atoms with Crippen LogP contribution in [-0.4, -0.2) is 36.1 Å². The average Bonchev–Trinajstić information content (AvgIpc) is 2.58. The van der Waals surface area contributed by atoms with Crippen LogP contribution in [0, 0.1) is 6.92 Å². The number of hydrogen-bond donors (Lipinski definition) is 1. The second kappa shape index (κ2) is 4.49. The van der Waals surface area contributed by atoms with E-state index in [4.69, 9.17) is 0 Å². The zero-order chi connectivity index (χ0) is 10.8. The van der Waals surface area contributed by atoms with E-state index in [1.165, 1.54) is 18.5 Å². The minimum Gasteiger partial charge on any atom is -0.380 e. The van der Waals surface area contributed by atoms with Crippen LogP contribution < -0.4 is 5.32 Å². The molecule has 1 N–H and O–H groups in total. The smallest absolute Gasteiger partial charge is 0.109 e. The van der Waals surface area contributed by atoms with Gasteiger partial charge in [0.25, 0.3) is 0 Å². The first-order chi connectivity index (χ1) is 7.15. The molecule has 2 heterocycles. The molecule has 0 aromatic carbocycles. The molecular formula is C11H16BrN3. The summed E-state index contributed by atoms with van der Waals surface area (Å²) >= 11 is 3.40. The topological polar surface area (TPSA) is 28.2 Å². The van der Waals surface area contributed by atoms with E-state index in [0.29, 0.717) is 6.04 Å². The van der Waals surface area contributed by atoms with Crippen molar-refractivity contribution in [3.8, 4) is 0 Å². The zero-order valence-electron chi connectivity index (χ0n) is 9.13. The van der Waals surface area contributed by atoms with Gasteiger partial charge in [-0.2, -0.15) is 0 Å². The molecule has 2 rings (SSSR count). The molecule has 82 valence electrons. The average molecular weight is 270 g/mol. The Bertz CT molecular complexity index is 354. The van der Waals surface area contributed by atoms with Crippen LogP contribution in [-0.2, 0) is 0 Å². The molecule has 0 saturated carbocycles. The maximum Gasteiger partial charge on any atom is 0.109 e. The SMILES string of the molecule is Cc1cc(NC2CCN(C)C2)cnc1Br. The maximum absolute atomic E-state index is 4.28. The van der Waals surface area contributed by atoms with Gasteiger partial charge in [-0.1, -0.05) is 0 Å². The number of aromatic nitrogens is 1. The van der Waals surface area contributed by atoms with Crippen molar-refractivity contribution in [3.63, 3.8) is 0 Å². The van der Waals surface area contributed by atoms with Gasteiger partial charge in [0.15, 0.2) is 0 Å². The molecule has 1 aliphatic rings. The molecule has 1 aromatic heterocycles. The molecule has 4 heteroatoms. The van der Waals surface area contributed by atoms with Crippen molar-refractivity contribution in [2.24, 2.45) is 0 Å². The number of pyridine rings is 1. The summed E-state index contributed by atoms with van der Waals surface area (Å²) in [5.41, 5.74) is 2.29. The second-order valence-corrected chi connectivity index (χ2v) is 4.98. The van der Waals surface area contributed by atoms with E-state index in [-0.39, 0.29) is 0 Å². The summed E-state index contributed by atoms with van der Waals surface area (Å²) in [5, 5.41) is 3.51. The third-order valence-electron chi connectivity index (χ3n) is 2.78. The Hall–Kier alpha value is -0.610. The number of likely N-dealkylation sites (N-methyl/N-ethyl adjacent to an activating group) is 1. The summed E-state index contributed by atoms with van der Waals surface area (Å²) in [5.74, 6) is 0. The number of nitrogens with one attached hydrogen (secondary N) is 1. The van der Waals surface area contributed by atoms with E-state index < -0.39 is 0 Å². The minimum atomic E-state index is 0.567. The number of hydrogen-bond acceptors (Lipinski definition) is 3. The van der Waals surface area contributed by atoms with Gasteiger partial charge in [-0.15, -0.1) is 0 Å². The Labute approximate surface area is 99.0 Å². The number of anilines is 1. The van der Waals surface area contributed by atoms with Crippen molar-refractivity contribution in [3.05, 3.63) is 22.4 Å². The van der Waals surface area contributed by atoms with E-state index >= 15 is 0 Å². The van der Waals surface area contributed by atoms with Crippen molar-refractivity contribution < 1.29 is 0 Å². The van der Waals surface area contributed by atoms with E-state index in [1.807, 2.05) is 6.20 Å². The number of rotatable bonds is 2. The van der Waals surface area contributed by atoms with E-state index in [0.717, 1.165) is 16.8 Å². The van der Waals surface area contributed by atoms with Crippen LogP contribution in [0.5, 0.6) is 0 Å². The van der Waals surface area contributed by atoms with E-state index in [2.05, 4.69) is 51.2 Å². The largest absolute Gasteiger partial charge is 0.380 e. The molecule has 0 spiro atoms. The van der Waals surface area contributed by atoms with Crippen molar-refractivity contribution in [1.82, 2.24) is 9.88 Å². The van der Waals surface area contributed by atoms with Gasteiger partial charge in [-0.3, -0.25) is 0 Å². The Morgan fingerprint density at radius 2 is 2.40 bits per heavy atom. The van der Waals surface area contributed by atoms with Crippen LogP contribution in [0.4, 0.5) is 5.69 Å². The molecule has 1 atom stereocenters. The molecule has 0 radical (unpaired) electrons. The molecule has 3 nitrogen and oxygen atoms in total. The van der Waals surface area contributed by atoms with E-state index in [9.17, 15) is 0 Å². The van der Waals surface area contributed by atoms with Crippen LogP contribution in [0.25, 0.3) is 0 Å². The summed E-state index contributed by atoms with van der Waals surface area (Å²) < 4.78 is 0.927. The second-order valence-electron chi connectivity index (χ2n) is 4.22. The van der Waals surface area contributed by atoms with Gasteiger partial charge in [0, 0.05) is 12.6 Å². The fourth-order valence-electron chi connectivity index (χ4n) is 1.93. The van der Waals surface area contributed by atoms with Crippen molar-refractivity contribution in [2.75, 3.05) is 25.5 Å². The molecule has 1 fully saturated rings. The Morgan fingerprint density at radius 1 is 1.60 bits per heavy atom. The van der Waals surface area contributed by atoms with Crippen LogP contribution in [0.15, 0.2) is 16.9 Å². The van der Waals surface area contributed by atoms with Crippen LogP contribution in [0.2, 0.25) is 0 Å². The minimum absolute atomic E-state index is 0.567. The fraction of sp³-hybridized carbons (Fsp3) is 0.545. The lowest BCUT2D eigenvalue weighted by atomic mass is 10.2. The summed E-state index contributed by atoms with van der Waals surface area (Å²) in [6, 6.07) is 2.70. The summed E-state index contributed by atoms with van der Waals surface area (Å²) in [6.07, 6.45) is 3.10. The fourth-order valence-corrected chi connectivity index (χ4v) is 2.14. The molecule has 0 amide bonds. The number of aryl methyl sites for hydroxylation is 1. The highest BCUT2D eigenvalue weighted by Crippen LogP contribution is 2.19. The first-order valence-electron chi connectivity index (χ1n) is 5.22. The molecule has 0 bridgehead atoms. The lowest BCUT2D eigenvalue weighted by Gasteiger charge is -2.14. The van der Waals surface area contributed by atoms with Gasteiger partial charge in [0.2, 0.25) is 0 Å². The molecule has 1 saturated heterocycles. The number of halogens is 1. The highest BCUT2D eigenvalue weighted by Gasteiger charge is 2.18. The molecular weight excluding hydrogens is 254 g/mol. The zero-order valence-corrected chi connectivity index (χ0v) is 10.7. The predicted octanol–water partition coefficient (Wildman–Crippen LogP) is 2.27. The van der Waals surface area contributed by atoms with Gasteiger partial charge in [-0.25, -0.2) is 4.98 Å². The third kappa shape index (κ3) is 2.69. The van der Waals surface area contributed by atoms with Crippen molar-refractivity contribution in [2.45, 2.75) is 19.4 Å². The quantitative estimate of drug-likeness (QED) is 0.836. The predicted molar refractivity (Wildman–Crippen MR) is 66.2 cm³/mol. The summed E-state index contributed by atoms with van der Waals surface area (Å²) in [6.45, 7) is 4.36. The van der Waals surface area contributed by atoms with Gasteiger partial charge in [-0.05, 0) is 54.5 Å². The van der Waals surface area contributed by atoms with Gasteiger partial charge < -0.3 is 10.2 Å². The maximum atomic E-state index is 4.28. The molecule has 1 unspecified atom stereocenters. The number of likely N-dealkylation sites (tertiary alicyclic amines) is 1. The third-order valence-corrected chi connectivity index (χ3v) is 3.61. The monoisotopic (exact) mass is 269 g/mol. The lowest BCUT2D eigenvalue weighted by molar-refractivity contribution is 0.414. The molecule has 15 heavy (non-hydrogen) atoms. The first kappa shape index (κ1) is 10.9. The van der Waals surface area contributed by atoms with E-state index in [1.54, 1.807) is 0 Å². The highest BCUT2D eigenvalue weighted by atomic mass is 79.9.